The SMILES string of the molecule is CC(C)(C)N1C[C@@H](C(=O)N2CCc3[nH]c4ccc(Cl)cc4c3C2)CC1=O. The lowest BCUT2D eigenvalue weighted by atomic mass is 10.0. The standard InChI is InChI=1S/C20H24ClN3O2/c1-20(2,3)24-10-12(8-18(24)25)19(26)23-7-6-17-15(11-23)14-9-13(21)4-5-16(14)22-17/h4-5,9,12,22H,6-8,10-11H2,1-3H3/t12-/m0/s1. The number of aromatic nitrogens is 1. The normalized spacial score (nSPS) is 20.8. The topological polar surface area (TPSA) is 56.4 Å². The van der Waals surface area contributed by atoms with E-state index < -0.39 is 0 Å². The first-order valence-corrected chi connectivity index (χ1v) is 9.50. The number of likely N-dealkylation sites (tertiary alicyclic amines) is 1. The molecule has 2 aliphatic heterocycles. The highest BCUT2D eigenvalue weighted by Gasteiger charge is 2.41. The summed E-state index contributed by atoms with van der Waals surface area (Å²) in [5.74, 6) is -0.0726. The average molecular weight is 374 g/mol. The lowest BCUT2D eigenvalue weighted by Gasteiger charge is -2.33. The molecule has 2 aliphatic rings. The largest absolute Gasteiger partial charge is 0.358 e. The summed E-state index contributed by atoms with van der Waals surface area (Å²) in [6, 6.07) is 5.82. The molecule has 1 aromatic heterocycles. The molecule has 1 fully saturated rings. The first kappa shape index (κ1) is 17.4. The van der Waals surface area contributed by atoms with Crippen LogP contribution in [-0.2, 0) is 22.6 Å². The summed E-state index contributed by atoms with van der Waals surface area (Å²) >= 11 is 6.16. The number of aromatic amines is 1. The molecule has 0 spiro atoms. The highest BCUT2D eigenvalue weighted by atomic mass is 35.5. The smallest absolute Gasteiger partial charge is 0.228 e. The van der Waals surface area contributed by atoms with Gasteiger partial charge in [-0.05, 0) is 39.0 Å². The summed E-state index contributed by atoms with van der Waals surface area (Å²) < 4.78 is 0. The van der Waals surface area contributed by atoms with Gasteiger partial charge in [-0.2, -0.15) is 0 Å². The van der Waals surface area contributed by atoms with Crippen LogP contribution in [0.3, 0.4) is 0 Å². The fraction of sp³-hybridized carbons (Fsp3) is 0.500. The average Bonchev–Trinajstić information content (AvgIpc) is 3.14. The van der Waals surface area contributed by atoms with E-state index in [4.69, 9.17) is 11.6 Å². The maximum atomic E-state index is 13.1. The maximum absolute atomic E-state index is 13.1. The third-order valence-corrected chi connectivity index (χ3v) is 5.77. The number of rotatable bonds is 1. The van der Waals surface area contributed by atoms with Crippen LogP contribution in [0.15, 0.2) is 18.2 Å². The molecule has 5 nitrogen and oxygen atoms in total. The Hall–Kier alpha value is -2.01. The van der Waals surface area contributed by atoms with Crippen LogP contribution in [0.2, 0.25) is 5.02 Å². The van der Waals surface area contributed by atoms with Gasteiger partial charge >= 0.3 is 0 Å². The predicted molar refractivity (Wildman–Crippen MR) is 102 cm³/mol. The van der Waals surface area contributed by atoms with Gasteiger partial charge < -0.3 is 14.8 Å². The van der Waals surface area contributed by atoms with E-state index in [0.29, 0.717) is 31.1 Å². The summed E-state index contributed by atoms with van der Waals surface area (Å²) in [6.07, 6.45) is 1.12. The van der Waals surface area contributed by atoms with E-state index in [1.54, 1.807) is 0 Å². The minimum absolute atomic E-state index is 0.0763. The lowest BCUT2D eigenvalue weighted by molar-refractivity contribution is -0.136. The van der Waals surface area contributed by atoms with Crippen LogP contribution in [0.5, 0.6) is 0 Å². The van der Waals surface area contributed by atoms with Crippen LogP contribution in [0.25, 0.3) is 10.9 Å². The Morgan fingerprint density at radius 3 is 2.77 bits per heavy atom. The molecule has 1 saturated heterocycles. The molecular formula is C20H24ClN3O2. The van der Waals surface area contributed by atoms with E-state index in [1.807, 2.05) is 48.8 Å². The van der Waals surface area contributed by atoms with Gasteiger partial charge in [-0.1, -0.05) is 11.6 Å². The van der Waals surface area contributed by atoms with E-state index in [-0.39, 0.29) is 23.3 Å². The fourth-order valence-corrected chi connectivity index (χ4v) is 4.33. The van der Waals surface area contributed by atoms with E-state index >= 15 is 0 Å². The van der Waals surface area contributed by atoms with Crippen molar-refractivity contribution in [2.75, 3.05) is 13.1 Å². The monoisotopic (exact) mass is 373 g/mol. The zero-order valence-electron chi connectivity index (χ0n) is 15.4. The van der Waals surface area contributed by atoms with Crippen LogP contribution < -0.4 is 0 Å². The number of hydrogen-bond donors (Lipinski definition) is 1. The van der Waals surface area contributed by atoms with Crippen LogP contribution in [0.4, 0.5) is 0 Å². The quantitative estimate of drug-likeness (QED) is 0.833. The van der Waals surface area contributed by atoms with Crippen LogP contribution in [-0.4, -0.2) is 45.2 Å². The minimum atomic E-state index is -0.241. The number of carbonyl (C=O) groups is 2. The summed E-state index contributed by atoms with van der Waals surface area (Å²) in [7, 11) is 0. The van der Waals surface area contributed by atoms with Crippen molar-refractivity contribution in [2.24, 2.45) is 5.92 Å². The Labute approximate surface area is 158 Å². The second-order valence-electron chi connectivity index (χ2n) is 8.36. The molecule has 2 amide bonds. The molecular weight excluding hydrogens is 350 g/mol. The molecule has 0 radical (unpaired) electrons. The summed E-state index contributed by atoms with van der Waals surface area (Å²) in [6.45, 7) is 7.83. The van der Waals surface area contributed by atoms with Crippen LogP contribution in [0, 0.1) is 5.92 Å². The van der Waals surface area contributed by atoms with Gasteiger partial charge in [-0.15, -0.1) is 0 Å². The van der Waals surface area contributed by atoms with Crippen molar-refractivity contribution in [3.8, 4) is 0 Å². The molecule has 0 aliphatic carbocycles. The minimum Gasteiger partial charge on any atom is -0.358 e. The number of halogens is 1. The van der Waals surface area contributed by atoms with Gasteiger partial charge in [0.15, 0.2) is 0 Å². The molecule has 26 heavy (non-hydrogen) atoms. The number of hydrogen-bond acceptors (Lipinski definition) is 2. The van der Waals surface area contributed by atoms with Crippen molar-refractivity contribution in [3.63, 3.8) is 0 Å². The number of nitrogens with zero attached hydrogens (tertiary/aromatic N) is 2. The van der Waals surface area contributed by atoms with Gasteiger partial charge in [0.1, 0.15) is 0 Å². The van der Waals surface area contributed by atoms with Crippen molar-refractivity contribution in [1.82, 2.24) is 14.8 Å². The molecule has 138 valence electrons. The summed E-state index contributed by atoms with van der Waals surface area (Å²) in [5, 5.41) is 1.79. The Bertz CT molecular complexity index is 896. The number of carbonyl (C=O) groups excluding carboxylic acids is 2. The number of amides is 2. The zero-order chi connectivity index (χ0) is 18.6. The van der Waals surface area contributed by atoms with Gasteiger partial charge in [0.2, 0.25) is 11.8 Å². The van der Waals surface area contributed by atoms with Crippen molar-refractivity contribution >= 4 is 34.3 Å². The molecule has 1 atom stereocenters. The summed E-state index contributed by atoms with van der Waals surface area (Å²) in [5.41, 5.74) is 3.15. The number of H-pyrrole nitrogens is 1. The van der Waals surface area contributed by atoms with Crippen molar-refractivity contribution in [2.45, 2.75) is 45.7 Å². The van der Waals surface area contributed by atoms with E-state index in [2.05, 4.69) is 4.98 Å². The number of benzene rings is 1. The van der Waals surface area contributed by atoms with E-state index in [9.17, 15) is 9.59 Å². The third-order valence-electron chi connectivity index (χ3n) is 5.53. The fourth-order valence-electron chi connectivity index (χ4n) is 4.15. The lowest BCUT2D eigenvalue weighted by Crippen LogP contribution is -2.44. The second kappa shape index (κ2) is 6.02. The van der Waals surface area contributed by atoms with Gasteiger partial charge in [0.25, 0.3) is 0 Å². The number of fused-ring (bicyclic) bond motifs is 3. The Balaban J connectivity index is 1.56. The van der Waals surface area contributed by atoms with Gasteiger partial charge in [0, 0.05) is 65.2 Å². The highest BCUT2D eigenvalue weighted by molar-refractivity contribution is 6.31. The molecule has 3 heterocycles. The Kier molecular flexibility index (Phi) is 4.03. The highest BCUT2D eigenvalue weighted by Crippen LogP contribution is 2.32. The molecule has 2 aromatic rings. The zero-order valence-corrected chi connectivity index (χ0v) is 16.2. The van der Waals surface area contributed by atoms with E-state index in [1.165, 1.54) is 5.69 Å². The summed E-state index contributed by atoms with van der Waals surface area (Å²) in [4.78, 5) is 32.6. The Morgan fingerprint density at radius 2 is 2.08 bits per heavy atom. The number of nitrogens with one attached hydrogen (secondary N) is 1. The van der Waals surface area contributed by atoms with E-state index in [0.717, 1.165) is 22.9 Å². The van der Waals surface area contributed by atoms with Crippen molar-refractivity contribution in [3.05, 3.63) is 34.5 Å². The van der Waals surface area contributed by atoms with Crippen molar-refractivity contribution in [1.29, 1.82) is 0 Å². The maximum Gasteiger partial charge on any atom is 0.228 e. The molecule has 1 aromatic carbocycles. The molecule has 0 bridgehead atoms. The molecule has 0 unspecified atom stereocenters. The predicted octanol–water partition coefficient (Wildman–Crippen LogP) is 3.35. The van der Waals surface area contributed by atoms with Gasteiger partial charge in [0.05, 0.1) is 5.92 Å². The van der Waals surface area contributed by atoms with Crippen LogP contribution in [0.1, 0.15) is 38.4 Å². The molecule has 4 rings (SSSR count). The van der Waals surface area contributed by atoms with Crippen molar-refractivity contribution < 1.29 is 9.59 Å². The molecule has 0 saturated carbocycles. The molecule has 6 heteroatoms. The first-order chi connectivity index (χ1) is 12.2. The second-order valence-corrected chi connectivity index (χ2v) is 8.79. The molecule has 1 N–H and O–H groups in total. The first-order valence-electron chi connectivity index (χ1n) is 9.12. The third kappa shape index (κ3) is 2.88. The van der Waals surface area contributed by atoms with Gasteiger partial charge in [-0.25, -0.2) is 0 Å². The van der Waals surface area contributed by atoms with Crippen LogP contribution >= 0.6 is 11.6 Å². The Morgan fingerprint density at radius 1 is 1.31 bits per heavy atom. The van der Waals surface area contributed by atoms with Gasteiger partial charge in [-0.3, -0.25) is 9.59 Å².